The zero-order valence-corrected chi connectivity index (χ0v) is 42.6. The van der Waals surface area contributed by atoms with E-state index in [0.29, 0.717) is 12.3 Å². The van der Waals surface area contributed by atoms with Crippen molar-refractivity contribution < 1.29 is 14.2 Å². The number of aryl methyl sites for hydroxylation is 2. The summed E-state index contributed by atoms with van der Waals surface area (Å²) in [5, 5.41) is 0. The minimum absolute atomic E-state index is 0.252. The summed E-state index contributed by atoms with van der Waals surface area (Å²) in [7, 11) is 3.72. The van der Waals surface area contributed by atoms with Crippen LogP contribution in [0.1, 0.15) is 122 Å². The molecule has 73 heavy (non-hydrogen) atoms. The van der Waals surface area contributed by atoms with E-state index in [1.54, 1.807) is 0 Å². The van der Waals surface area contributed by atoms with Crippen molar-refractivity contribution in [2.24, 2.45) is 0 Å². The predicted octanol–water partition coefficient (Wildman–Crippen LogP) is 16.5. The molecule has 0 bridgehead atoms. The molecule has 6 aliphatic carbocycles. The smallest absolute Gasteiger partial charge is 0.116 e. The standard InChI is InChI=1S/C70H60O3/c1-44-34-45(2)36-47(35-44)40-70(72-6)43-62(54-26-15-18-31-65(54)70)59-39-67(56-28-12-10-23-51(56)59)73-66-38-58(50-22-9-11-27-55(50)66)60-41-68(4,63-29-16-13-24-52(60)63)32-19-33-69(71-5)42-61(53-25-14-17-30-64(53)69)57-37-46(3)48-20-7-8-21-49(48)57/h7-32,34-39,41-43,46,66-67H,33,40H2,1-6H3/b32-19+. The van der Waals surface area contributed by atoms with Gasteiger partial charge in [0.05, 0.1) is 0 Å². The normalized spacial score (nSPS) is 24.8. The van der Waals surface area contributed by atoms with E-state index in [1.165, 1.54) is 117 Å². The first-order chi connectivity index (χ1) is 35.6. The van der Waals surface area contributed by atoms with Gasteiger partial charge in [-0.15, -0.1) is 0 Å². The summed E-state index contributed by atoms with van der Waals surface area (Å²) in [5.74, 6) is 0.365. The quantitative estimate of drug-likeness (QED) is 0.114. The molecule has 6 unspecified atom stereocenters. The summed E-state index contributed by atoms with van der Waals surface area (Å²) in [5.41, 5.74) is 24.6. The van der Waals surface area contributed by atoms with Crippen molar-refractivity contribution in [1.29, 1.82) is 0 Å². The molecule has 3 heteroatoms. The van der Waals surface area contributed by atoms with E-state index in [4.69, 9.17) is 14.2 Å². The second-order valence-corrected chi connectivity index (χ2v) is 21.3. The molecule has 358 valence electrons. The van der Waals surface area contributed by atoms with Crippen LogP contribution in [0.3, 0.4) is 0 Å². The molecule has 0 N–H and O–H groups in total. The van der Waals surface area contributed by atoms with Crippen LogP contribution >= 0.6 is 0 Å². The van der Waals surface area contributed by atoms with Gasteiger partial charge in [-0.25, -0.2) is 0 Å². The van der Waals surface area contributed by atoms with Gasteiger partial charge in [-0.1, -0.05) is 206 Å². The maximum Gasteiger partial charge on any atom is 0.116 e. The zero-order chi connectivity index (χ0) is 49.6. The average Bonchev–Trinajstić information content (AvgIpc) is 4.26. The van der Waals surface area contributed by atoms with Crippen molar-refractivity contribution in [3.05, 3.63) is 296 Å². The summed E-state index contributed by atoms with van der Waals surface area (Å²) in [6.07, 6.45) is 20.1. The highest BCUT2D eigenvalue weighted by Gasteiger charge is 2.44. The summed E-state index contributed by atoms with van der Waals surface area (Å²) >= 11 is 0. The topological polar surface area (TPSA) is 27.7 Å². The van der Waals surface area contributed by atoms with Gasteiger partial charge in [0.15, 0.2) is 0 Å². The fourth-order valence-electron chi connectivity index (χ4n) is 13.5. The highest BCUT2D eigenvalue weighted by atomic mass is 16.5. The summed E-state index contributed by atoms with van der Waals surface area (Å²) in [6.45, 7) is 9.00. The minimum Gasteiger partial charge on any atom is -0.369 e. The predicted molar refractivity (Wildman–Crippen MR) is 300 cm³/mol. The Bertz CT molecular complexity index is 3640. The highest BCUT2D eigenvalue weighted by Crippen LogP contribution is 2.56. The lowest BCUT2D eigenvalue weighted by atomic mass is 9.83. The van der Waals surface area contributed by atoms with Crippen LogP contribution in [0.5, 0.6) is 0 Å². The van der Waals surface area contributed by atoms with Crippen molar-refractivity contribution in [3.8, 4) is 0 Å². The molecule has 0 heterocycles. The maximum absolute atomic E-state index is 7.40. The van der Waals surface area contributed by atoms with E-state index in [1.807, 2.05) is 14.2 Å². The van der Waals surface area contributed by atoms with E-state index in [-0.39, 0.29) is 17.6 Å². The number of allylic oxidation sites excluding steroid dienone is 9. The summed E-state index contributed by atoms with van der Waals surface area (Å²) < 4.78 is 20.6. The molecule has 13 rings (SSSR count). The second-order valence-electron chi connectivity index (χ2n) is 21.3. The number of rotatable bonds is 12. The molecule has 0 radical (unpaired) electrons. The van der Waals surface area contributed by atoms with Gasteiger partial charge in [-0.3, -0.25) is 0 Å². The Balaban J connectivity index is 0.832. The summed E-state index contributed by atoms with van der Waals surface area (Å²) in [6, 6.07) is 59.8. The van der Waals surface area contributed by atoms with Gasteiger partial charge in [0, 0.05) is 38.4 Å². The molecular formula is C70H60O3. The number of methoxy groups -OCH3 is 2. The molecule has 0 aromatic heterocycles. The molecule has 0 spiro atoms. The van der Waals surface area contributed by atoms with Crippen molar-refractivity contribution in [2.45, 2.75) is 75.3 Å². The lowest BCUT2D eigenvalue weighted by molar-refractivity contribution is 0.0320. The van der Waals surface area contributed by atoms with Crippen LogP contribution in [-0.4, -0.2) is 14.2 Å². The molecule has 0 aliphatic heterocycles. The first-order valence-electron chi connectivity index (χ1n) is 26.0. The molecule has 3 nitrogen and oxygen atoms in total. The fraction of sp³-hybridized carbons (Fsp3) is 0.200. The van der Waals surface area contributed by atoms with Crippen molar-refractivity contribution in [2.75, 3.05) is 14.2 Å². The Labute approximate surface area is 430 Å². The molecule has 0 amide bonds. The molecule has 7 aromatic rings. The number of benzene rings is 7. The largest absolute Gasteiger partial charge is 0.369 e. The molecule has 6 aliphatic rings. The van der Waals surface area contributed by atoms with Gasteiger partial charge in [-0.2, -0.15) is 0 Å². The molecule has 6 atom stereocenters. The van der Waals surface area contributed by atoms with Gasteiger partial charge in [0.25, 0.3) is 0 Å². The van der Waals surface area contributed by atoms with Crippen molar-refractivity contribution in [1.82, 2.24) is 0 Å². The molecular weight excluding hydrogens is 889 g/mol. The Hall–Kier alpha value is -7.40. The van der Waals surface area contributed by atoms with E-state index in [9.17, 15) is 0 Å². The van der Waals surface area contributed by atoms with Crippen molar-refractivity contribution >= 4 is 33.4 Å². The van der Waals surface area contributed by atoms with Gasteiger partial charge in [-0.05, 0) is 151 Å². The SMILES string of the molecule is COC1(C/C=C/C2(C)C=C(C3=CC(OC4C=C(C5=CC(Cc6cc(C)cc(C)c6)(OC)c6ccccc65)c5ccccc54)c4ccccc43)c3ccccc32)C=C(C2=CC(C)c3ccccc32)c2ccccc21. The zero-order valence-electron chi connectivity index (χ0n) is 42.6. The van der Waals surface area contributed by atoms with Crippen LogP contribution in [0.4, 0.5) is 0 Å². The van der Waals surface area contributed by atoms with E-state index in [0.717, 1.165) is 6.42 Å². The van der Waals surface area contributed by atoms with E-state index in [2.05, 4.69) is 240 Å². The van der Waals surface area contributed by atoms with Crippen LogP contribution in [-0.2, 0) is 37.2 Å². The van der Waals surface area contributed by atoms with E-state index >= 15 is 0 Å². The Morgan fingerprint density at radius 2 is 0.877 bits per heavy atom. The number of ether oxygens (including phenoxy) is 3. The van der Waals surface area contributed by atoms with Gasteiger partial charge < -0.3 is 14.2 Å². The van der Waals surface area contributed by atoms with Crippen LogP contribution in [0.15, 0.2) is 212 Å². The fourth-order valence-corrected chi connectivity index (χ4v) is 13.5. The molecule has 0 fully saturated rings. The van der Waals surface area contributed by atoms with Gasteiger partial charge in [0.2, 0.25) is 0 Å². The van der Waals surface area contributed by atoms with Crippen LogP contribution < -0.4 is 0 Å². The lowest BCUT2D eigenvalue weighted by Crippen LogP contribution is -2.27. The number of hydrogen-bond donors (Lipinski definition) is 0. The second kappa shape index (κ2) is 17.4. The molecule has 0 saturated carbocycles. The highest BCUT2D eigenvalue weighted by molar-refractivity contribution is 6.12. The molecule has 0 saturated heterocycles. The Morgan fingerprint density at radius 1 is 0.452 bits per heavy atom. The van der Waals surface area contributed by atoms with Crippen LogP contribution in [0.2, 0.25) is 0 Å². The van der Waals surface area contributed by atoms with Crippen LogP contribution in [0.25, 0.3) is 33.4 Å². The Morgan fingerprint density at radius 3 is 1.44 bits per heavy atom. The van der Waals surface area contributed by atoms with Gasteiger partial charge >= 0.3 is 0 Å². The lowest BCUT2D eigenvalue weighted by Gasteiger charge is -2.28. The number of hydrogen-bond acceptors (Lipinski definition) is 3. The first kappa shape index (κ1) is 45.5. The third-order valence-electron chi connectivity index (χ3n) is 16.8. The van der Waals surface area contributed by atoms with Gasteiger partial charge in [0.1, 0.15) is 23.4 Å². The summed E-state index contributed by atoms with van der Waals surface area (Å²) in [4.78, 5) is 0. The van der Waals surface area contributed by atoms with E-state index < -0.39 is 11.2 Å². The van der Waals surface area contributed by atoms with Crippen LogP contribution in [0, 0.1) is 13.8 Å². The number of fused-ring (bicyclic) bond motifs is 6. The monoisotopic (exact) mass is 948 g/mol. The first-order valence-corrected chi connectivity index (χ1v) is 26.0. The Kier molecular flexibility index (Phi) is 10.8. The average molecular weight is 949 g/mol. The van der Waals surface area contributed by atoms with Crippen molar-refractivity contribution in [3.63, 3.8) is 0 Å². The minimum atomic E-state index is -0.606. The third-order valence-corrected chi connectivity index (χ3v) is 16.8. The molecule has 7 aromatic carbocycles. The third kappa shape index (κ3) is 7.27. The maximum atomic E-state index is 7.40.